The van der Waals surface area contributed by atoms with Crippen LogP contribution in [-0.2, 0) is 11.2 Å². The molecule has 108 valence electrons. The molecule has 3 N–H and O–H groups in total. The second-order valence-electron chi connectivity index (χ2n) is 4.85. The van der Waals surface area contributed by atoms with Crippen LogP contribution in [0.25, 0.3) is 0 Å². The molecule has 0 aliphatic carbocycles. The number of hydrogen-bond donors (Lipinski definition) is 2. The van der Waals surface area contributed by atoms with Crippen LogP contribution in [0.4, 0.5) is 11.4 Å². The van der Waals surface area contributed by atoms with Gasteiger partial charge in [-0.1, -0.05) is 23.9 Å². The minimum atomic E-state index is 0.0560. The van der Waals surface area contributed by atoms with Crippen molar-refractivity contribution in [2.75, 3.05) is 18.2 Å². The maximum atomic E-state index is 11.5. The van der Waals surface area contributed by atoms with Crippen LogP contribution < -0.4 is 15.8 Å². The molecule has 1 aliphatic rings. The molecule has 0 saturated heterocycles. The molecule has 0 radical (unpaired) electrons. The van der Waals surface area contributed by atoms with Crippen molar-refractivity contribution in [3.05, 3.63) is 42.0 Å². The first kappa shape index (κ1) is 13.8. The zero-order valence-electron chi connectivity index (χ0n) is 11.7. The molecular weight excluding hydrogens is 284 g/mol. The Hall–Kier alpha value is -2.14. The molecule has 0 unspecified atom stereocenters. The number of nitrogen functional groups attached to an aromatic ring is 1. The monoisotopic (exact) mass is 300 g/mol. The Kier molecular flexibility index (Phi) is 3.75. The normalized spacial score (nSPS) is 13.5. The summed E-state index contributed by atoms with van der Waals surface area (Å²) >= 11 is 1.54. The van der Waals surface area contributed by atoms with Crippen molar-refractivity contribution in [3.63, 3.8) is 0 Å². The van der Waals surface area contributed by atoms with Crippen molar-refractivity contribution < 1.29 is 9.53 Å². The van der Waals surface area contributed by atoms with Crippen molar-refractivity contribution in [1.29, 1.82) is 0 Å². The lowest BCUT2D eigenvalue weighted by Crippen LogP contribution is -2.19. The highest BCUT2D eigenvalue weighted by Crippen LogP contribution is 2.40. The zero-order chi connectivity index (χ0) is 14.8. The molecule has 0 aromatic heterocycles. The number of carbonyl (C=O) groups excluding carboxylic acids is 1. The first-order valence-electron chi connectivity index (χ1n) is 6.70. The van der Waals surface area contributed by atoms with Crippen molar-refractivity contribution in [2.45, 2.75) is 22.6 Å². The van der Waals surface area contributed by atoms with Crippen LogP contribution in [0.5, 0.6) is 5.75 Å². The summed E-state index contributed by atoms with van der Waals surface area (Å²) in [6, 6.07) is 11.7. The number of aryl methyl sites for hydroxylation is 1. The Morgan fingerprint density at radius 3 is 2.81 bits per heavy atom. The number of methoxy groups -OCH3 is 1. The van der Waals surface area contributed by atoms with Gasteiger partial charge in [-0.05, 0) is 36.2 Å². The Labute approximate surface area is 127 Å². The van der Waals surface area contributed by atoms with Crippen molar-refractivity contribution in [3.8, 4) is 5.75 Å². The number of benzene rings is 2. The van der Waals surface area contributed by atoms with Crippen LogP contribution in [0.1, 0.15) is 12.0 Å². The van der Waals surface area contributed by atoms with Crippen LogP contribution in [0.15, 0.2) is 46.2 Å². The van der Waals surface area contributed by atoms with Crippen molar-refractivity contribution in [2.24, 2.45) is 0 Å². The summed E-state index contributed by atoms with van der Waals surface area (Å²) in [5.74, 6) is 0.865. The Bertz CT molecular complexity index is 701. The fourth-order valence-corrected chi connectivity index (χ4v) is 3.33. The number of rotatable bonds is 3. The number of fused-ring (bicyclic) bond motifs is 1. The lowest BCUT2D eigenvalue weighted by Gasteiger charge is -2.19. The number of nitrogens with one attached hydrogen (secondary N) is 1. The van der Waals surface area contributed by atoms with Gasteiger partial charge in [0.25, 0.3) is 0 Å². The highest BCUT2D eigenvalue weighted by Gasteiger charge is 2.17. The molecule has 1 amide bonds. The third-order valence-corrected chi connectivity index (χ3v) is 4.55. The van der Waals surface area contributed by atoms with E-state index in [1.165, 1.54) is 11.8 Å². The van der Waals surface area contributed by atoms with E-state index in [1.54, 1.807) is 7.11 Å². The minimum absolute atomic E-state index is 0.0560. The summed E-state index contributed by atoms with van der Waals surface area (Å²) in [7, 11) is 1.65. The Morgan fingerprint density at radius 2 is 2.00 bits per heavy atom. The van der Waals surface area contributed by atoms with E-state index in [0.29, 0.717) is 6.42 Å². The van der Waals surface area contributed by atoms with Gasteiger partial charge in [0.2, 0.25) is 5.91 Å². The summed E-state index contributed by atoms with van der Waals surface area (Å²) in [4.78, 5) is 13.4. The third-order valence-electron chi connectivity index (χ3n) is 3.42. The van der Waals surface area contributed by atoms with E-state index < -0.39 is 0 Å². The number of nitrogens with two attached hydrogens (primary N) is 1. The maximum absolute atomic E-state index is 11.5. The Morgan fingerprint density at radius 1 is 1.19 bits per heavy atom. The minimum Gasteiger partial charge on any atom is -0.496 e. The summed E-state index contributed by atoms with van der Waals surface area (Å²) in [5, 5.41) is 2.90. The molecule has 0 atom stereocenters. The lowest BCUT2D eigenvalue weighted by atomic mass is 10.0. The molecule has 3 rings (SSSR count). The van der Waals surface area contributed by atoms with Gasteiger partial charge in [0.1, 0.15) is 5.75 Å². The predicted molar refractivity (Wildman–Crippen MR) is 84.9 cm³/mol. The van der Waals surface area contributed by atoms with E-state index >= 15 is 0 Å². The van der Waals surface area contributed by atoms with E-state index in [9.17, 15) is 4.79 Å². The Balaban J connectivity index is 1.95. The molecule has 21 heavy (non-hydrogen) atoms. The van der Waals surface area contributed by atoms with E-state index in [-0.39, 0.29) is 5.91 Å². The van der Waals surface area contributed by atoms with Gasteiger partial charge in [-0.15, -0.1) is 0 Å². The van der Waals surface area contributed by atoms with Gasteiger partial charge >= 0.3 is 0 Å². The van der Waals surface area contributed by atoms with Gasteiger partial charge in [0.15, 0.2) is 0 Å². The van der Waals surface area contributed by atoms with Crippen LogP contribution in [0.3, 0.4) is 0 Å². The van der Waals surface area contributed by atoms with Crippen molar-refractivity contribution in [1.82, 2.24) is 0 Å². The van der Waals surface area contributed by atoms with E-state index in [4.69, 9.17) is 10.5 Å². The maximum Gasteiger partial charge on any atom is 0.224 e. The largest absolute Gasteiger partial charge is 0.496 e. The van der Waals surface area contributed by atoms with Gasteiger partial charge in [0, 0.05) is 22.7 Å². The molecule has 0 saturated carbocycles. The molecule has 1 aliphatic heterocycles. The van der Waals surface area contributed by atoms with Crippen LogP contribution in [-0.4, -0.2) is 13.0 Å². The molecule has 2 aromatic rings. The summed E-state index contributed by atoms with van der Waals surface area (Å²) in [6.45, 7) is 0. The summed E-state index contributed by atoms with van der Waals surface area (Å²) in [5.41, 5.74) is 8.82. The van der Waals surface area contributed by atoms with E-state index in [1.807, 2.05) is 36.4 Å². The highest BCUT2D eigenvalue weighted by atomic mass is 32.2. The number of amides is 1. The lowest BCUT2D eigenvalue weighted by molar-refractivity contribution is -0.116. The number of hydrogen-bond acceptors (Lipinski definition) is 4. The number of carbonyl (C=O) groups is 1. The highest BCUT2D eigenvalue weighted by molar-refractivity contribution is 7.99. The van der Waals surface area contributed by atoms with Crippen LogP contribution >= 0.6 is 11.8 Å². The van der Waals surface area contributed by atoms with E-state index in [0.717, 1.165) is 38.9 Å². The van der Waals surface area contributed by atoms with E-state index in [2.05, 4.69) is 5.32 Å². The molecule has 0 bridgehead atoms. The average Bonchev–Trinajstić information content (AvgIpc) is 2.49. The second-order valence-corrected chi connectivity index (χ2v) is 5.93. The standard InChI is InChI=1S/C16H16N2O2S/c1-20-13-4-2-3-5-14(13)21-15-9-12-10(8-11(15)17)6-7-16(19)18-12/h2-5,8-9H,6-7,17H2,1H3,(H,18,19). The number of anilines is 2. The molecule has 1 heterocycles. The first-order valence-corrected chi connectivity index (χ1v) is 7.52. The van der Waals surface area contributed by atoms with Crippen molar-refractivity contribution >= 4 is 29.0 Å². The zero-order valence-corrected chi connectivity index (χ0v) is 12.5. The molecule has 2 aromatic carbocycles. The predicted octanol–water partition coefficient (Wildman–Crippen LogP) is 3.31. The van der Waals surface area contributed by atoms with Gasteiger partial charge in [-0.2, -0.15) is 0 Å². The fraction of sp³-hybridized carbons (Fsp3) is 0.188. The molecule has 0 spiro atoms. The fourth-order valence-electron chi connectivity index (χ4n) is 2.34. The summed E-state index contributed by atoms with van der Waals surface area (Å²) in [6.07, 6.45) is 1.26. The van der Waals surface area contributed by atoms with Gasteiger partial charge in [-0.25, -0.2) is 0 Å². The molecule has 4 nitrogen and oxygen atoms in total. The molecule has 5 heteroatoms. The van der Waals surface area contributed by atoms with Crippen LogP contribution in [0.2, 0.25) is 0 Å². The summed E-state index contributed by atoms with van der Waals surface area (Å²) < 4.78 is 5.36. The molecule has 0 fully saturated rings. The second kappa shape index (κ2) is 5.69. The SMILES string of the molecule is COc1ccccc1Sc1cc2c(cc1N)CCC(=O)N2. The quantitative estimate of drug-likeness (QED) is 0.854. The smallest absolute Gasteiger partial charge is 0.224 e. The van der Waals surface area contributed by atoms with Gasteiger partial charge < -0.3 is 15.8 Å². The number of ether oxygens (including phenoxy) is 1. The van der Waals surface area contributed by atoms with Crippen LogP contribution in [0, 0.1) is 0 Å². The average molecular weight is 300 g/mol. The topological polar surface area (TPSA) is 64.3 Å². The first-order chi connectivity index (χ1) is 10.2. The van der Waals surface area contributed by atoms with Gasteiger partial charge in [-0.3, -0.25) is 4.79 Å². The third kappa shape index (κ3) is 2.83. The molecular formula is C16H16N2O2S. The van der Waals surface area contributed by atoms with Gasteiger partial charge in [0.05, 0.1) is 12.0 Å². The number of para-hydroxylation sites is 1.